The van der Waals surface area contributed by atoms with E-state index in [1.165, 1.54) is 39.2 Å². The molecule has 0 radical (unpaired) electrons. The summed E-state index contributed by atoms with van der Waals surface area (Å²) in [5, 5.41) is 12.1. The Balaban J connectivity index is 2.21. The molecule has 0 bridgehead atoms. The number of methoxy groups -OCH3 is 1. The predicted molar refractivity (Wildman–Crippen MR) is 100 cm³/mol. The summed E-state index contributed by atoms with van der Waals surface area (Å²) in [6.45, 7) is 2.65. The van der Waals surface area contributed by atoms with Crippen molar-refractivity contribution in [2.24, 2.45) is 0 Å². The minimum Gasteiger partial charge on any atom is -0.497 e. The van der Waals surface area contributed by atoms with Crippen LogP contribution in [0, 0.1) is 0 Å². The molecule has 3 N–H and O–H groups in total. The summed E-state index contributed by atoms with van der Waals surface area (Å²) in [7, 11) is -2.35. The molecule has 0 saturated heterocycles. The van der Waals surface area contributed by atoms with Crippen LogP contribution in [0.1, 0.15) is 13.8 Å². The highest BCUT2D eigenvalue weighted by molar-refractivity contribution is 7.92. The fourth-order valence-electron chi connectivity index (χ4n) is 1.91. The lowest BCUT2D eigenvalue weighted by molar-refractivity contribution is -0.130. The van der Waals surface area contributed by atoms with Crippen molar-refractivity contribution in [3.63, 3.8) is 0 Å². The maximum absolute atomic E-state index is 12.5. The zero-order valence-corrected chi connectivity index (χ0v) is 16.0. The topological polar surface area (TPSA) is 105 Å². The highest BCUT2D eigenvalue weighted by Crippen LogP contribution is 2.27. The van der Waals surface area contributed by atoms with Gasteiger partial charge in [-0.3, -0.25) is 9.52 Å². The van der Waals surface area contributed by atoms with Crippen molar-refractivity contribution < 1.29 is 23.1 Å². The smallest absolute Gasteiger partial charge is 0.261 e. The van der Waals surface area contributed by atoms with Gasteiger partial charge in [-0.15, -0.1) is 0 Å². The molecule has 0 spiro atoms. The molecule has 2 aromatic rings. The molecule has 0 heterocycles. The van der Waals surface area contributed by atoms with Gasteiger partial charge in [-0.1, -0.05) is 11.6 Å². The fourth-order valence-corrected chi connectivity index (χ4v) is 3.29. The van der Waals surface area contributed by atoms with Crippen molar-refractivity contribution >= 4 is 38.9 Å². The first-order chi connectivity index (χ1) is 12.0. The fraction of sp³-hybridized carbons (Fsp3) is 0.235. The van der Waals surface area contributed by atoms with E-state index in [0.29, 0.717) is 11.4 Å². The van der Waals surface area contributed by atoms with Crippen LogP contribution in [-0.4, -0.2) is 32.1 Å². The average Bonchev–Trinajstić information content (AvgIpc) is 2.56. The molecule has 0 unspecified atom stereocenters. The molecule has 26 heavy (non-hydrogen) atoms. The number of ether oxygens (including phenoxy) is 1. The zero-order chi connectivity index (χ0) is 19.5. The summed E-state index contributed by atoms with van der Waals surface area (Å²) in [5.74, 6) is -0.0609. The molecule has 0 saturated carbocycles. The molecular weight excluding hydrogens is 380 g/mol. The molecule has 0 fully saturated rings. The van der Waals surface area contributed by atoms with Crippen molar-refractivity contribution in [2.75, 3.05) is 17.1 Å². The molecule has 0 aliphatic heterocycles. The van der Waals surface area contributed by atoms with Gasteiger partial charge in [0.1, 0.15) is 11.4 Å². The summed E-state index contributed by atoms with van der Waals surface area (Å²) in [6, 6.07) is 10.3. The number of hydrogen-bond donors (Lipinski definition) is 3. The van der Waals surface area contributed by atoms with Crippen LogP contribution in [0.4, 0.5) is 11.4 Å². The van der Waals surface area contributed by atoms with Crippen molar-refractivity contribution in [2.45, 2.75) is 24.3 Å². The molecular formula is C17H19ClN2O5S. The first kappa shape index (κ1) is 20.0. The number of anilines is 2. The Morgan fingerprint density at radius 3 is 2.27 bits per heavy atom. The third kappa shape index (κ3) is 4.87. The largest absolute Gasteiger partial charge is 0.497 e. The second kappa shape index (κ2) is 7.53. The molecule has 0 aliphatic rings. The van der Waals surface area contributed by atoms with E-state index in [1.807, 2.05) is 0 Å². The molecule has 0 aromatic heterocycles. The Morgan fingerprint density at radius 1 is 1.15 bits per heavy atom. The van der Waals surface area contributed by atoms with E-state index in [1.54, 1.807) is 24.3 Å². The second-order valence-electron chi connectivity index (χ2n) is 5.99. The van der Waals surface area contributed by atoms with Crippen LogP contribution < -0.4 is 14.8 Å². The number of amides is 1. The number of rotatable bonds is 6. The number of nitrogens with one attached hydrogen (secondary N) is 2. The SMILES string of the molecule is COc1ccc(NS(=O)(=O)c2ccc(NC(=O)C(C)(C)O)c(Cl)c2)cc1. The minimum atomic E-state index is -3.87. The molecule has 7 nitrogen and oxygen atoms in total. The van der Waals surface area contributed by atoms with E-state index in [-0.39, 0.29) is 15.6 Å². The van der Waals surface area contributed by atoms with Crippen molar-refractivity contribution in [3.8, 4) is 5.75 Å². The van der Waals surface area contributed by atoms with Gasteiger partial charge in [0.15, 0.2) is 0 Å². The maximum Gasteiger partial charge on any atom is 0.261 e. The highest BCUT2D eigenvalue weighted by Gasteiger charge is 2.25. The predicted octanol–water partition coefficient (Wildman–Crippen LogP) is 2.86. The van der Waals surface area contributed by atoms with Crippen molar-refractivity contribution in [1.82, 2.24) is 0 Å². The first-order valence-electron chi connectivity index (χ1n) is 7.53. The standard InChI is InChI=1S/C17H19ClN2O5S/c1-17(2,22)16(21)19-15-9-8-13(10-14(15)18)26(23,24)20-11-4-6-12(25-3)7-5-11/h4-10,20,22H,1-3H3,(H,19,21). The summed E-state index contributed by atoms with van der Waals surface area (Å²) in [4.78, 5) is 11.7. The number of carbonyl (C=O) groups excluding carboxylic acids is 1. The van der Waals surface area contributed by atoms with Crippen LogP contribution in [0.15, 0.2) is 47.4 Å². The van der Waals surface area contributed by atoms with Crippen molar-refractivity contribution in [1.29, 1.82) is 0 Å². The van der Waals surface area contributed by atoms with Crippen LogP contribution in [-0.2, 0) is 14.8 Å². The van der Waals surface area contributed by atoms with E-state index >= 15 is 0 Å². The number of sulfonamides is 1. The number of aliphatic hydroxyl groups is 1. The van der Waals surface area contributed by atoms with Gasteiger partial charge >= 0.3 is 0 Å². The van der Waals surface area contributed by atoms with E-state index in [9.17, 15) is 18.3 Å². The molecule has 2 aromatic carbocycles. The van der Waals surface area contributed by atoms with Gasteiger partial charge in [0.05, 0.1) is 22.7 Å². The normalized spacial score (nSPS) is 11.7. The van der Waals surface area contributed by atoms with Gasteiger partial charge in [-0.05, 0) is 56.3 Å². The van der Waals surface area contributed by atoms with Crippen LogP contribution in [0.5, 0.6) is 5.75 Å². The third-order valence-electron chi connectivity index (χ3n) is 3.40. The molecule has 9 heteroatoms. The Kier molecular flexibility index (Phi) is 5.80. The molecule has 0 atom stereocenters. The number of halogens is 1. The molecule has 0 aliphatic carbocycles. The van der Waals surface area contributed by atoms with Crippen LogP contribution in [0.2, 0.25) is 5.02 Å². The summed E-state index contributed by atoms with van der Waals surface area (Å²) < 4.78 is 32.4. The quantitative estimate of drug-likeness (QED) is 0.694. The Hall–Kier alpha value is -2.29. The lowest BCUT2D eigenvalue weighted by Gasteiger charge is -2.17. The summed E-state index contributed by atoms with van der Waals surface area (Å²) >= 11 is 6.07. The lowest BCUT2D eigenvalue weighted by Crippen LogP contribution is -2.36. The maximum atomic E-state index is 12.5. The average molecular weight is 399 g/mol. The molecule has 1 amide bonds. The van der Waals surface area contributed by atoms with E-state index < -0.39 is 21.5 Å². The highest BCUT2D eigenvalue weighted by atomic mass is 35.5. The lowest BCUT2D eigenvalue weighted by atomic mass is 10.1. The van der Waals surface area contributed by atoms with E-state index in [0.717, 1.165) is 0 Å². The van der Waals surface area contributed by atoms with Gasteiger partial charge in [-0.2, -0.15) is 0 Å². The van der Waals surface area contributed by atoms with Gasteiger partial charge in [0.25, 0.3) is 15.9 Å². The van der Waals surface area contributed by atoms with Gasteiger partial charge < -0.3 is 15.2 Å². The molecule has 2 rings (SSSR count). The van der Waals surface area contributed by atoms with Crippen molar-refractivity contribution in [3.05, 3.63) is 47.5 Å². The van der Waals surface area contributed by atoms with Crippen LogP contribution in [0.3, 0.4) is 0 Å². The second-order valence-corrected chi connectivity index (χ2v) is 8.08. The Labute approximate surface area is 157 Å². The first-order valence-corrected chi connectivity index (χ1v) is 9.39. The zero-order valence-electron chi connectivity index (χ0n) is 14.4. The summed E-state index contributed by atoms with van der Waals surface area (Å²) in [6.07, 6.45) is 0. The van der Waals surface area contributed by atoms with Gasteiger partial charge in [-0.25, -0.2) is 8.42 Å². The van der Waals surface area contributed by atoms with Gasteiger partial charge in [0, 0.05) is 5.69 Å². The van der Waals surface area contributed by atoms with E-state index in [2.05, 4.69) is 10.0 Å². The van der Waals surface area contributed by atoms with Gasteiger partial charge in [0.2, 0.25) is 0 Å². The Bertz CT molecular complexity index is 906. The number of hydrogen-bond acceptors (Lipinski definition) is 5. The molecule has 140 valence electrons. The van der Waals surface area contributed by atoms with Crippen LogP contribution >= 0.6 is 11.6 Å². The number of benzene rings is 2. The monoisotopic (exact) mass is 398 g/mol. The van der Waals surface area contributed by atoms with Crippen LogP contribution in [0.25, 0.3) is 0 Å². The van der Waals surface area contributed by atoms with E-state index in [4.69, 9.17) is 16.3 Å². The number of carbonyl (C=O) groups is 1. The minimum absolute atomic E-state index is 0.0280. The Morgan fingerprint density at radius 2 is 1.77 bits per heavy atom. The summed E-state index contributed by atoms with van der Waals surface area (Å²) in [5.41, 5.74) is -1.03. The third-order valence-corrected chi connectivity index (χ3v) is 5.09.